The van der Waals surface area contributed by atoms with Crippen molar-refractivity contribution >= 4 is 5.82 Å². The van der Waals surface area contributed by atoms with Crippen LogP contribution in [0.4, 0.5) is 5.82 Å². The number of nitrogens with zero attached hydrogens (tertiary/aromatic N) is 3. The first-order chi connectivity index (χ1) is 17.3. The number of hydrogen-bond acceptors (Lipinski definition) is 5. The van der Waals surface area contributed by atoms with E-state index in [0.717, 1.165) is 52.5 Å². The van der Waals surface area contributed by atoms with Crippen molar-refractivity contribution in [2.45, 2.75) is 6.42 Å². The predicted octanol–water partition coefficient (Wildman–Crippen LogP) is 6.54. The lowest BCUT2D eigenvalue weighted by atomic mass is 10.0. The van der Waals surface area contributed by atoms with Crippen molar-refractivity contribution in [1.29, 1.82) is 0 Å². The average Bonchev–Trinajstić information content (AvgIpc) is 2.94. The topological polar surface area (TPSA) is 59.9 Å². The molecule has 2 aromatic heterocycles. The molecule has 0 atom stereocenters. The number of pyridine rings is 1. The van der Waals surface area contributed by atoms with Gasteiger partial charge in [0.15, 0.2) is 5.82 Å². The van der Waals surface area contributed by atoms with Gasteiger partial charge in [0, 0.05) is 41.7 Å². The molecule has 0 fully saturated rings. The SMILES string of the molecule is COc1ccc(-c2cncc(-c3cc(NCCc4ccccc4)nc(-c4ccccc4)n3)c2)cc1. The summed E-state index contributed by atoms with van der Waals surface area (Å²) in [4.78, 5) is 14.2. The summed E-state index contributed by atoms with van der Waals surface area (Å²) in [6.45, 7) is 0.777. The first kappa shape index (κ1) is 22.3. The summed E-state index contributed by atoms with van der Waals surface area (Å²) in [5.41, 5.74) is 6.10. The molecule has 0 aliphatic rings. The van der Waals surface area contributed by atoms with E-state index in [1.807, 2.05) is 79.1 Å². The molecule has 35 heavy (non-hydrogen) atoms. The zero-order chi connectivity index (χ0) is 23.9. The lowest BCUT2D eigenvalue weighted by Gasteiger charge is -2.11. The molecule has 5 aromatic rings. The highest BCUT2D eigenvalue weighted by molar-refractivity contribution is 5.73. The number of benzene rings is 3. The number of nitrogens with one attached hydrogen (secondary N) is 1. The fourth-order valence-electron chi connectivity index (χ4n) is 3.90. The third-order valence-corrected chi connectivity index (χ3v) is 5.78. The van der Waals surface area contributed by atoms with Crippen molar-refractivity contribution in [2.24, 2.45) is 0 Å². The Morgan fingerprint density at radius 3 is 2.14 bits per heavy atom. The fourth-order valence-corrected chi connectivity index (χ4v) is 3.90. The van der Waals surface area contributed by atoms with E-state index in [1.165, 1.54) is 5.56 Å². The van der Waals surface area contributed by atoms with Crippen LogP contribution in [0.2, 0.25) is 0 Å². The van der Waals surface area contributed by atoms with Crippen molar-refractivity contribution < 1.29 is 4.74 Å². The normalized spacial score (nSPS) is 10.7. The number of ether oxygens (including phenoxy) is 1. The van der Waals surface area contributed by atoms with E-state index in [2.05, 4.69) is 40.6 Å². The Balaban J connectivity index is 1.47. The Bertz CT molecular complexity index is 1390. The molecular weight excluding hydrogens is 432 g/mol. The van der Waals surface area contributed by atoms with Crippen LogP contribution >= 0.6 is 0 Å². The van der Waals surface area contributed by atoms with E-state index in [1.54, 1.807) is 7.11 Å². The number of aromatic nitrogens is 3. The molecule has 5 nitrogen and oxygen atoms in total. The summed E-state index contributed by atoms with van der Waals surface area (Å²) < 4.78 is 5.29. The zero-order valence-electron chi connectivity index (χ0n) is 19.6. The molecule has 0 aliphatic heterocycles. The Morgan fingerprint density at radius 2 is 1.40 bits per heavy atom. The first-order valence-corrected chi connectivity index (χ1v) is 11.6. The predicted molar refractivity (Wildman–Crippen MR) is 141 cm³/mol. The molecule has 5 heteroatoms. The van der Waals surface area contributed by atoms with Crippen LogP contribution in [-0.2, 0) is 6.42 Å². The molecule has 0 saturated heterocycles. The smallest absolute Gasteiger partial charge is 0.162 e. The number of hydrogen-bond donors (Lipinski definition) is 1. The van der Waals surface area contributed by atoms with Crippen molar-refractivity contribution in [1.82, 2.24) is 15.0 Å². The molecule has 0 aliphatic carbocycles. The van der Waals surface area contributed by atoms with Crippen LogP contribution in [0.1, 0.15) is 5.56 Å². The van der Waals surface area contributed by atoms with E-state index >= 15 is 0 Å². The fraction of sp³-hybridized carbons (Fsp3) is 0.100. The molecule has 2 heterocycles. The summed E-state index contributed by atoms with van der Waals surface area (Å²) in [6.07, 6.45) is 4.62. The number of methoxy groups -OCH3 is 1. The van der Waals surface area contributed by atoms with Gasteiger partial charge in [-0.05, 0) is 35.7 Å². The van der Waals surface area contributed by atoms with E-state index in [-0.39, 0.29) is 0 Å². The molecule has 3 aromatic carbocycles. The van der Waals surface area contributed by atoms with Crippen molar-refractivity contribution in [2.75, 3.05) is 19.0 Å². The maximum absolute atomic E-state index is 5.29. The van der Waals surface area contributed by atoms with Gasteiger partial charge in [-0.3, -0.25) is 4.98 Å². The van der Waals surface area contributed by atoms with Gasteiger partial charge in [0.1, 0.15) is 11.6 Å². The van der Waals surface area contributed by atoms with Gasteiger partial charge in [-0.2, -0.15) is 0 Å². The molecular formula is C30H26N4O. The van der Waals surface area contributed by atoms with Gasteiger partial charge in [0.05, 0.1) is 12.8 Å². The molecule has 1 N–H and O–H groups in total. The van der Waals surface area contributed by atoms with Crippen molar-refractivity contribution in [3.8, 4) is 39.5 Å². The minimum absolute atomic E-state index is 0.681. The highest BCUT2D eigenvalue weighted by atomic mass is 16.5. The summed E-state index contributed by atoms with van der Waals surface area (Å²) in [6, 6.07) is 32.6. The second-order valence-electron chi connectivity index (χ2n) is 8.18. The van der Waals surface area contributed by atoms with Gasteiger partial charge < -0.3 is 10.1 Å². The molecule has 172 valence electrons. The second kappa shape index (κ2) is 10.6. The van der Waals surface area contributed by atoms with Crippen LogP contribution in [0.3, 0.4) is 0 Å². The summed E-state index contributed by atoms with van der Waals surface area (Å²) >= 11 is 0. The van der Waals surface area contributed by atoms with Crippen LogP contribution in [0.25, 0.3) is 33.8 Å². The minimum atomic E-state index is 0.681. The van der Waals surface area contributed by atoms with E-state index < -0.39 is 0 Å². The molecule has 0 unspecified atom stereocenters. The maximum atomic E-state index is 5.29. The Hall–Kier alpha value is -4.51. The monoisotopic (exact) mass is 458 g/mol. The van der Waals surface area contributed by atoms with Crippen LogP contribution in [-0.4, -0.2) is 28.6 Å². The lowest BCUT2D eigenvalue weighted by molar-refractivity contribution is 0.415. The molecule has 0 radical (unpaired) electrons. The maximum Gasteiger partial charge on any atom is 0.162 e. The highest BCUT2D eigenvalue weighted by Crippen LogP contribution is 2.28. The third kappa shape index (κ3) is 5.53. The van der Waals surface area contributed by atoms with Crippen LogP contribution in [0.15, 0.2) is 109 Å². The standard InChI is InChI=1S/C30H26N4O/c1-35-27-14-12-23(13-15-27)25-18-26(21-31-20-25)28-19-29(32-17-16-22-8-4-2-5-9-22)34-30(33-28)24-10-6-3-7-11-24/h2-15,18-21H,16-17H2,1H3,(H,32,33,34). The molecule has 0 spiro atoms. The summed E-state index contributed by atoms with van der Waals surface area (Å²) in [5, 5.41) is 3.49. The van der Waals surface area contributed by atoms with Gasteiger partial charge in [-0.1, -0.05) is 72.8 Å². The lowest BCUT2D eigenvalue weighted by Crippen LogP contribution is -2.08. The highest BCUT2D eigenvalue weighted by Gasteiger charge is 2.10. The zero-order valence-corrected chi connectivity index (χ0v) is 19.6. The van der Waals surface area contributed by atoms with E-state index in [0.29, 0.717) is 5.82 Å². The van der Waals surface area contributed by atoms with Gasteiger partial charge in [0.2, 0.25) is 0 Å². The molecule has 0 bridgehead atoms. The van der Waals surface area contributed by atoms with Gasteiger partial charge in [-0.25, -0.2) is 9.97 Å². The van der Waals surface area contributed by atoms with Crippen molar-refractivity contribution in [3.63, 3.8) is 0 Å². The second-order valence-corrected chi connectivity index (χ2v) is 8.18. The van der Waals surface area contributed by atoms with Gasteiger partial charge >= 0.3 is 0 Å². The van der Waals surface area contributed by atoms with Crippen LogP contribution in [0, 0.1) is 0 Å². The largest absolute Gasteiger partial charge is 0.497 e. The van der Waals surface area contributed by atoms with Crippen molar-refractivity contribution in [3.05, 3.63) is 115 Å². The molecule has 5 rings (SSSR count). The molecule has 0 amide bonds. The van der Waals surface area contributed by atoms with E-state index in [9.17, 15) is 0 Å². The van der Waals surface area contributed by atoms with Crippen LogP contribution < -0.4 is 10.1 Å². The van der Waals surface area contributed by atoms with Crippen LogP contribution in [0.5, 0.6) is 5.75 Å². The van der Waals surface area contributed by atoms with E-state index in [4.69, 9.17) is 14.7 Å². The summed E-state index contributed by atoms with van der Waals surface area (Å²) in [5.74, 6) is 2.30. The van der Waals surface area contributed by atoms with Gasteiger partial charge in [0.25, 0.3) is 0 Å². The number of anilines is 1. The first-order valence-electron chi connectivity index (χ1n) is 11.6. The quantitative estimate of drug-likeness (QED) is 0.286. The Kier molecular flexibility index (Phi) is 6.76. The third-order valence-electron chi connectivity index (χ3n) is 5.78. The minimum Gasteiger partial charge on any atom is -0.497 e. The molecule has 0 saturated carbocycles. The summed E-state index contributed by atoms with van der Waals surface area (Å²) in [7, 11) is 1.67. The average molecular weight is 459 g/mol. The number of rotatable bonds is 8. The van der Waals surface area contributed by atoms with Gasteiger partial charge in [-0.15, -0.1) is 0 Å². The Morgan fingerprint density at radius 1 is 0.686 bits per heavy atom. The Labute approximate surface area is 205 Å².